The molecule has 0 saturated carbocycles. The summed E-state index contributed by atoms with van der Waals surface area (Å²) in [5.74, 6) is -0.859. The van der Waals surface area contributed by atoms with Gasteiger partial charge in [0.1, 0.15) is 11.3 Å². The molecule has 0 aliphatic carbocycles. The molecule has 2 heterocycles. The van der Waals surface area contributed by atoms with Crippen molar-refractivity contribution in [3.05, 3.63) is 35.4 Å². The first-order chi connectivity index (χ1) is 13.0. The van der Waals surface area contributed by atoms with E-state index in [1.165, 1.54) is 4.90 Å². The highest BCUT2D eigenvalue weighted by atomic mass is 19.1. The Balaban J connectivity index is 1.54. The van der Waals surface area contributed by atoms with Crippen LogP contribution in [-0.4, -0.2) is 47.2 Å². The van der Waals surface area contributed by atoms with E-state index in [1.807, 2.05) is 24.3 Å². The lowest BCUT2D eigenvalue weighted by atomic mass is 9.87. The number of aryl methyl sites for hydroxylation is 1. The van der Waals surface area contributed by atoms with E-state index in [-0.39, 0.29) is 30.8 Å². The van der Waals surface area contributed by atoms with Crippen LogP contribution < -0.4 is 5.32 Å². The molecule has 2 saturated heterocycles. The molecule has 2 aliphatic heterocycles. The number of hydrogen-bond acceptors (Lipinski definition) is 4. The highest BCUT2D eigenvalue weighted by Crippen LogP contribution is 2.32. The number of rotatable bonds is 4. The molecule has 0 radical (unpaired) electrons. The second-order valence-corrected chi connectivity index (χ2v) is 8.74. The molecule has 1 aromatic carbocycles. The number of nitrogens with one attached hydrogen (secondary N) is 1. The van der Waals surface area contributed by atoms with Gasteiger partial charge in [-0.25, -0.2) is 9.18 Å². The van der Waals surface area contributed by atoms with E-state index in [0.29, 0.717) is 25.7 Å². The zero-order valence-corrected chi connectivity index (χ0v) is 16.6. The normalized spacial score (nSPS) is 21.7. The number of imide groups is 1. The largest absolute Gasteiger partial charge is 0.444 e. The Hall–Kier alpha value is -2.44. The van der Waals surface area contributed by atoms with Gasteiger partial charge >= 0.3 is 6.09 Å². The predicted octanol–water partition coefficient (Wildman–Crippen LogP) is 3.10. The molecule has 1 unspecified atom stereocenters. The van der Waals surface area contributed by atoms with Gasteiger partial charge in [-0.05, 0) is 51.2 Å². The van der Waals surface area contributed by atoms with Crippen LogP contribution in [0.4, 0.5) is 9.18 Å². The molecule has 0 bridgehead atoms. The quantitative estimate of drug-likeness (QED) is 0.802. The summed E-state index contributed by atoms with van der Waals surface area (Å²) in [5, 5.41) is 2.37. The van der Waals surface area contributed by atoms with Gasteiger partial charge in [-0.15, -0.1) is 0 Å². The lowest BCUT2D eigenvalue weighted by Gasteiger charge is -2.44. The first-order valence-electron chi connectivity index (χ1n) is 9.64. The van der Waals surface area contributed by atoms with E-state index in [2.05, 4.69) is 5.32 Å². The average Bonchev–Trinajstić information content (AvgIpc) is 2.56. The Bertz CT molecular complexity index is 781. The first kappa shape index (κ1) is 20.3. The third kappa shape index (κ3) is 4.88. The number of halogens is 1. The van der Waals surface area contributed by atoms with Crippen molar-refractivity contribution in [2.45, 2.75) is 63.6 Å². The molecule has 7 heteroatoms. The first-order valence-corrected chi connectivity index (χ1v) is 9.64. The van der Waals surface area contributed by atoms with Crippen molar-refractivity contribution in [1.29, 1.82) is 0 Å². The van der Waals surface area contributed by atoms with Crippen LogP contribution in [0.25, 0.3) is 0 Å². The Labute approximate surface area is 164 Å². The van der Waals surface area contributed by atoms with Gasteiger partial charge in [-0.1, -0.05) is 24.3 Å². The van der Waals surface area contributed by atoms with Crippen molar-refractivity contribution in [2.75, 3.05) is 13.1 Å². The number of alkyl halides is 1. The minimum Gasteiger partial charge on any atom is -0.444 e. The number of ether oxygens (including phenoxy) is 1. The van der Waals surface area contributed by atoms with Crippen LogP contribution in [0, 0.1) is 0 Å². The third-order valence-electron chi connectivity index (χ3n) is 5.05. The number of piperidine rings is 1. The van der Waals surface area contributed by atoms with E-state index in [0.717, 1.165) is 11.1 Å². The predicted molar refractivity (Wildman–Crippen MR) is 102 cm³/mol. The number of amides is 3. The van der Waals surface area contributed by atoms with Crippen molar-refractivity contribution in [2.24, 2.45) is 0 Å². The number of likely N-dealkylation sites (tertiary alicyclic amines) is 1. The Morgan fingerprint density at radius 1 is 1.32 bits per heavy atom. The van der Waals surface area contributed by atoms with Gasteiger partial charge in [-0.2, -0.15) is 0 Å². The lowest BCUT2D eigenvalue weighted by Crippen LogP contribution is -2.61. The zero-order chi connectivity index (χ0) is 20.5. The van der Waals surface area contributed by atoms with Gasteiger partial charge in [0.05, 0.1) is 19.0 Å². The number of carbonyl (C=O) groups excluding carboxylic acids is 3. The van der Waals surface area contributed by atoms with Gasteiger partial charge in [0.25, 0.3) is 0 Å². The van der Waals surface area contributed by atoms with E-state index in [4.69, 9.17) is 4.74 Å². The van der Waals surface area contributed by atoms with Crippen molar-refractivity contribution in [3.63, 3.8) is 0 Å². The Morgan fingerprint density at radius 3 is 2.68 bits per heavy atom. The Kier molecular flexibility index (Phi) is 5.46. The SMILES string of the molecule is CC(C)(C)OC(=O)N1CC(F)(CCc2cccc(C3CCC(=O)NC3=O)c2)C1. The maximum atomic E-state index is 14.8. The summed E-state index contributed by atoms with van der Waals surface area (Å²) in [6.07, 6.45) is 1.15. The molecule has 6 nitrogen and oxygen atoms in total. The van der Waals surface area contributed by atoms with E-state index < -0.39 is 17.4 Å². The van der Waals surface area contributed by atoms with Crippen LogP contribution in [0.5, 0.6) is 0 Å². The summed E-state index contributed by atoms with van der Waals surface area (Å²) >= 11 is 0. The highest BCUT2D eigenvalue weighted by molar-refractivity contribution is 6.00. The van der Waals surface area contributed by atoms with Gasteiger partial charge in [0.2, 0.25) is 11.8 Å². The van der Waals surface area contributed by atoms with Crippen LogP contribution in [0.2, 0.25) is 0 Å². The standard InChI is InChI=1S/C21H27FN2O4/c1-20(2,3)28-19(27)24-12-21(22,13-24)10-9-14-5-4-6-15(11-14)16-7-8-17(25)23-18(16)26/h4-6,11,16H,7-10,12-13H2,1-3H3,(H,23,25,26). The zero-order valence-electron chi connectivity index (χ0n) is 16.6. The molecule has 1 aromatic rings. The fraction of sp³-hybridized carbons (Fsp3) is 0.571. The maximum absolute atomic E-state index is 14.8. The monoisotopic (exact) mass is 390 g/mol. The summed E-state index contributed by atoms with van der Waals surface area (Å²) in [4.78, 5) is 36.7. The number of benzene rings is 1. The minimum absolute atomic E-state index is 0.0365. The molecule has 1 atom stereocenters. The molecule has 2 fully saturated rings. The molecule has 0 aromatic heterocycles. The molecule has 152 valence electrons. The topological polar surface area (TPSA) is 75.7 Å². The van der Waals surface area contributed by atoms with Crippen LogP contribution in [0.1, 0.15) is 57.1 Å². The van der Waals surface area contributed by atoms with Crippen LogP contribution in [-0.2, 0) is 20.7 Å². The molecule has 3 rings (SSSR count). The van der Waals surface area contributed by atoms with Gasteiger partial charge in [-0.3, -0.25) is 14.9 Å². The molecule has 2 aliphatic rings. The number of carbonyl (C=O) groups is 3. The van der Waals surface area contributed by atoms with E-state index >= 15 is 0 Å². The van der Waals surface area contributed by atoms with Crippen molar-refractivity contribution in [3.8, 4) is 0 Å². The second kappa shape index (κ2) is 7.53. The van der Waals surface area contributed by atoms with E-state index in [9.17, 15) is 18.8 Å². The fourth-order valence-corrected chi connectivity index (χ4v) is 3.60. The van der Waals surface area contributed by atoms with Gasteiger partial charge in [0, 0.05) is 6.42 Å². The molecule has 3 amide bonds. The van der Waals surface area contributed by atoms with Gasteiger partial charge < -0.3 is 9.64 Å². The summed E-state index contributed by atoms with van der Waals surface area (Å²) in [5.41, 5.74) is -0.224. The van der Waals surface area contributed by atoms with Crippen LogP contribution in [0.3, 0.4) is 0 Å². The van der Waals surface area contributed by atoms with Gasteiger partial charge in [0.15, 0.2) is 0 Å². The van der Waals surface area contributed by atoms with Crippen molar-refractivity contribution < 1.29 is 23.5 Å². The third-order valence-corrected chi connectivity index (χ3v) is 5.05. The molecule has 0 spiro atoms. The summed E-state index contributed by atoms with van der Waals surface area (Å²) in [6.45, 7) is 5.41. The smallest absolute Gasteiger partial charge is 0.410 e. The number of nitrogens with zero attached hydrogens (tertiary/aromatic N) is 1. The van der Waals surface area contributed by atoms with Crippen LogP contribution in [0.15, 0.2) is 24.3 Å². The van der Waals surface area contributed by atoms with E-state index in [1.54, 1.807) is 20.8 Å². The molecular weight excluding hydrogens is 363 g/mol. The van der Waals surface area contributed by atoms with Crippen molar-refractivity contribution >= 4 is 17.9 Å². The summed E-state index contributed by atoms with van der Waals surface area (Å²) in [7, 11) is 0. The lowest BCUT2D eigenvalue weighted by molar-refractivity contribution is -0.134. The second-order valence-electron chi connectivity index (χ2n) is 8.74. The average molecular weight is 390 g/mol. The molecular formula is C21H27FN2O4. The molecule has 1 N–H and O–H groups in total. The maximum Gasteiger partial charge on any atom is 0.410 e. The fourth-order valence-electron chi connectivity index (χ4n) is 3.60. The molecule has 28 heavy (non-hydrogen) atoms. The number of hydrogen-bond donors (Lipinski definition) is 1. The highest BCUT2D eigenvalue weighted by Gasteiger charge is 2.46. The minimum atomic E-state index is -1.42. The summed E-state index contributed by atoms with van der Waals surface area (Å²) in [6, 6.07) is 7.53. The Morgan fingerprint density at radius 2 is 2.04 bits per heavy atom. The summed E-state index contributed by atoms with van der Waals surface area (Å²) < 4.78 is 20.1. The van der Waals surface area contributed by atoms with Crippen LogP contribution >= 0.6 is 0 Å². The van der Waals surface area contributed by atoms with Crippen molar-refractivity contribution in [1.82, 2.24) is 10.2 Å².